The summed E-state index contributed by atoms with van der Waals surface area (Å²) < 4.78 is 16.8. The number of H-pyrrole nitrogens is 1. The highest BCUT2D eigenvalue weighted by Gasteiger charge is 2.36. The molecule has 2 aromatic heterocycles. The van der Waals surface area contributed by atoms with Crippen LogP contribution in [0.3, 0.4) is 0 Å². The van der Waals surface area contributed by atoms with Crippen molar-refractivity contribution in [2.75, 3.05) is 50.1 Å². The zero-order chi connectivity index (χ0) is 28.5. The van der Waals surface area contributed by atoms with Crippen molar-refractivity contribution in [2.45, 2.75) is 45.8 Å². The number of aryl methyl sites for hydroxylation is 1. The maximum atomic E-state index is 16.8. The van der Waals surface area contributed by atoms with Crippen LogP contribution in [0.4, 0.5) is 16.2 Å². The van der Waals surface area contributed by atoms with Gasteiger partial charge in [-0.25, -0.2) is 9.37 Å². The predicted octanol–water partition coefficient (Wildman–Crippen LogP) is 4.47. The summed E-state index contributed by atoms with van der Waals surface area (Å²) in [5.41, 5.74) is 2.82. The summed E-state index contributed by atoms with van der Waals surface area (Å²) >= 11 is 6.90. The number of likely N-dealkylation sites (N-methyl/N-ethyl adjacent to an activating group) is 1. The number of carbonyl (C=O) groups excluding carboxylic acids is 1. The molecule has 4 aromatic rings. The number of halogens is 2. The molecule has 6 rings (SSSR count). The summed E-state index contributed by atoms with van der Waals surface area (Å²) in [4.78, 5) is 30.4. The highest BCUT2D eigenvalue weighted by molar-refractivity contribution is 6.35. The third-order valence-electron chi connectivity index (χ3n) is 8.46. The Morgan fingerprint density at radius 1 is 1.10 bits per heavy atom. The number of rotatable bonds is 4. The van der Waals surface area contributed by atoms with Crippen LogP contribution in [0.15, 0.2) is 24.4 Å². The van der Waals surface area contributed by atoms with Crippen LogP contribution in [-0.2, 0) is 4.79 Å². The minimum atomic E-state index is -0.481. The Balaban J connectivity index is 1.55. The smallest absolute Gasteiger partial charge is 0.228 e. The number of hydrogen-bond donors (Lipinski definition) is 1. The Morgan fingerprint density at radius 2 is 1.85 bits per heavy atom. The van der Waals surface area contributed by atoms with Gasteiger partial charge in [-0.2, -0.15) is 10.1 Å². The van der Waals surface area contributed by atoms with Crippen molar-refractivity contribution in [1.29, 1.82) is 0 Å². The van der Waals surface area contributed by atoms with Crippen LogP contribution in [0.2, 0.25) is 5.02 Å². The average Bonchev–Trinajstić information content (AvgIpc) is 3.34. The first-order valence-corrected chi connectivity index (χ1v) is 14.0. The molecular formula is C29H34ClFN8O. The van der Waals surface area contributed by atoms with Crippen LogP contribution in [0.1, 0.15) is 26.3 Å². The van der Waals surface area contributed by atoms with Crippen LogP contribution in [0.5, 0.6) is 0 Å². The zero-order valence-electron chi connectivity index (χ0n) is 23.7. The van der Waals surface area contributed by atoms with Crippen molar-refractivity contribution in [3.63, 3.8) is 0 Å². The standard InChI is InChI=1S/C29H34ClFN8O/c1-15-7-8-19-10-32-35-26(19)23(15)24-22(30)9-21-27(25(24)31)33-29(37-13-20(14-37)36(5)6)34-28(21)39-12-16(2)38(18(4)40)11-17(39)3/h7-10,16-17,20H,11-14H2,1-6H3,(H,32,35)/t16-,17+/m1/s1. The fourth-order valence-corrected chi connectivity index (χ4v) is 6.29. The van der Waals surface area contributed by atoms with Crippen molar-refractivity contribution in [3.8, 4) is 11.1 Å². The van der Waals surface area contributed by atoms with Crippen LogP contribution in [0.25, 0.3) is 32.9 Å². The molecule has 2 saturated heterocycles. The van der Waals surface area contributed by atoms with E-state index in [0.717, 1.165) is 29.6 Å². The van der Waals surface area contributed by atoms with Crippen LogP contribution in [0, 0.1) is 12.7 Å². The summed E-state index contributed by atoms with van der Waals surface area (Å²) in [6.07, 6.45) is 1.72. The number of carbonyl (C=O) groups is 1. The summed E-state index contributed by atoms with van der Waals surface area (Å²) in [7, 11) is 4.11. The Hall–Kier alpha value is -3.50. The molecule has 0 bridgehead atoms. The first kappa shape index (κ1) is 26.7. The predicted molar refractivity (Wildman–Crippen MR) is 158 cm³/mol. The number of nitrogens with one attached hydrogen (secondary N) is 1. The van der Waals surface area contributed by atoms with Crippen molar-refractivity contribution in [1.82, 2.24) is 30.0 Å². The summed E-state index contributed by atoms with van der Waals surface area (Å²) in [6.45, 7) is 10.3. The molecule has 11 heteroatoms. The van der Waals surface area contributed by atoms with Crippen LogP contribution in [-0.4, -0.2) is 94.3 Å². The Bertz CT molecular complexity index is 1630. The SMILES string of the molecule is CC(=O)N1C[C@H](C)N(c2nc(N3CC(N(C)C)C3)nc3c(F)c(-c4c(C)ccc5cn[nH]c45)c(Cl)cc23)C[C@H]1C. The third kappa shape index (κ3) is 4.25. The van der Waals surface area contributed by atoms with Gasteiger partial charge in [-0.15, -0.1) is 0 Å². The van der Waals surface area contributed by atoms with Gasteiger partial charge in [-0.3, -0.25) is 9.89 Å². The van der Waals surface area contributed by atoms with E-state index in [9.17, 15) is 4.79 Å². The normalized spacial score (nSPS) is 20.2. The van der Waals surface area contributed by atoms with Gasteiger partial charge in [0.15, 0.2) is 5.82 Å². The third-order valence-corrected chi connectivity index (χ3v) is 8.76. The van der Waals surface area contributed by atoms with Gasteiger partial charge < -0.3 is 19.6 Å². The lowest BCUT2D eigenvalue weighted by molar-refractivity contribution is -0.131. The van der Waals surface area contributed by atoms with Crippen LogP contribution >= 0.6 is 11.6 Å². The quantitative estimate of drug-likeness (QED) is 0.391. The number of benzene rings is 2. The number of fused-ring (bicyclic) bond motifs is 2. The number of amides is 1. The molecule has 2 fully saturated rings. The van der Waals surface area contributed by atoms with Gasteiger partial charge in [0.25, 0.3) is 0 Å². The summed E-state index contributed by atoms with van der Waals surface area (Å²) in [6, 6.07) is 6.02. The molecule has 0 aliphatic carbocycles. The first-order chi connectivity index (χ1) is 19.0. The second-order valence-electron chi connectivity index (χ2n) is 11.4. The molecule has 1 N–H and O–H groups in total. The molecule has 2 atom stereocenters. The topological polar surface area (TPSA) is 84.5 Å². The Morgan fingerprint density at radius 3 is 2.55 bits per heavy atom. The summed E-state index contributed by atoms with van der Waals surface area (Å²) in [5.74, 6) is 0.702. The van der Waals surface area contributed by atoms with Crippen molar-refractivity contribution in [2.24, 2.45) is 0 Å². The highest BCUT2D eigenvalue weighted by Crippen LogP contribution is 2.43. The molecule has 0 spiro atoms. The number of aromatic nitrogens is 4. The van der Waals surface area contributed by atoms with E-state index in [0.29, 0.717) is 47.4 Å². The lowest BCUT2D eigenvalue weighted by atomic mass is 9.96. The van der Waals surface area contributed by atoms with Crippen molar-refractivity contribution < 1.29 is 9.18 Å². The molecule has 0 saturated carbocycles. The van der Waals surface area contributed by atoms with E-state index in [2.05, 4.69) is 45.9 Å². The van der Waals surface area contributed by atoms with E-state index in [4.69, 9.17) is 21.6 Å². The largest absolute Gasteiger partial charge is 0.349 e. The van der Waals surface area contributed by atoms with Crippen LogP contribution < -0.4 is 9.80 Å². The zero-order valence-corrected chi connectivity index (χ0v) is 24.4. The lowest BCUT2D eigenvalue weighted by Crippen LogP contribution is -2.59. The van der Waals surface area contributed by atoms with Crippen molar-refractivity contribution >= 4 is 51.1 Å². The van der Waals surface area contributed by atoms with Gasteiger partial charge in [0.05, 0.1) is 16.7 Å². The van der Waals surface area contributed by atoms with E-state index < -0.39 is 5.82 Å². The molecule has 2 aliphatic rings. The molecule has 0 radical (unpaired) electrons. The fraction of sp³-hybridized carbons (Fsp3) is 0.448. The van der Waals surface area contributed by atoms with E-state index in [-0.39, 0.29) is 28.5 Å². The lowest BCUT2D eigenvalue weighted by Gasteiger charge is -2.45. The fourth-order valence-electron chi connectivity index (χ4n) is 6.00. The molecule has 4 heterocycles. The monoisotopic (exact) mass is 564 g/mol. The van der Waals surface area contributed by atoms with E-state index >= 15 is 4.39 Å². The van der Waals surface area contributed by atoms with Crippen molar-refractivity contribution in [3.05, 3.63) is 40.8 Å². The highest BCUT2D eigenvalue weighted by atomic mass is 35.5. The Kier molecular flexibility index (Phi) is 6.58. The van der Waals surface area contributed by atoms with E-state index in [1.165, 1.54) is 0 Å². The second-order valence-corrected chi connectivity index (χ2v) is 11.8. The number of nitrogens with zero attached hydrogens (tertiary/aromatic N) is 7. The molecule has 9 nitrogen and oxygen atoms in total. The van der Waals surface area contributed by atoms with Gasteiger partial charge in [-0.1, -0.05) is 23.7 Å². The maximum Gasteiger partial charge on any atom is 0.228 e. The number of piperazine rings is 1. The van der Waals surface area contributed by atoms with E-state index in [1.54, 1.807) is 19.2 Å². The van der Waals surface area contributed by atoms with E-state index in [1.807, 2.05) is 30.9 Å². The number of anilines is 2. The Labute approximate surface area is 237 Å². The van der Waals surface area contributed by atoms with Gasteiger partial charge in [0, 0.05) is 73.1 Å². The number of aromatic amines is 1. The average molecular weight is 565 g/mol. The van der Waals surface area contributed by atoms with Gasteiger partial charge in [-0.05, 0) is 46.5 Å². The molecular weight excluding hydrogens is 531 g/mol. The molecule has 210 valence electrons. The molecule has 1 amide bonds. The maximum absolute atomic E-state index is 16.8. The van der Waals surface area contributed by atoms with Gasteiger partial charge in [0.1, 0.15) is 11.3 Å². The second kappa shape index (κ2) is 9.85. The minimum absolute atomic E-state index is 0.0236. The molecule has 2 aromatic carbocycles. The first-order valence-electron chi connectivity index (χ1n) is 13.6. The molecule has 0 unspecified atom stereocenters. The van der Waals surface area contributed by atoms with Gasteiger partial charge >= 0.3 is 0 Å². The molecule has 2 aliphatic heterocycles. The number of hydrogen-bond acceptors (Lipinski definition) is 7. The minimum Gasteiger partial charge on any atom is -0.349 e. The van der Waals surface area contributed by atoms with Gasteiger partial charge in [0.2, 0.25) is 11.9 Å². The molecule has 40 heavy (non-hydrogen) atoms. The summed E-state index contributed by atoms with van der Waals surface area (Å²) in [5, 5.41) is 8.92.